The molecule has 6 heteroatoms. The van der Waals surface area contributed by atoms with Gasteiger partial charge in [0.1, 0.15) is 18.0 Å². The van der Waals surface area contributed by atoms with Crippen molar-refractivity contribution >= 4 is 23.3 Å². The molecule has 152 valence electrons. The van der Waals surface area contributed by atoms with Gasteiger partial charge in [-0.3, -0.25) is 9.59 Å². The first-order valence-electron chi connectivity index (χ1n) is 10.2. The fourth-order valence-electron chi connectivity index (χ4n) is 3.63. The third-order valence-corrected chi connectivity index (χ3v) is 5.30. The number of nitrogens with zero attached hydrogens (tertiary/aromatic N) is 3. The Morgan fingerprint density at radius 1 is 0.900 bits per heavy atom. The molecule has 1 N–H and O–H groups in total. The third kappa shape index (κ3) is 4.38. The van der Waals surface area contributed by atoms with E-state index < -0.39 is 0 Å². The standard InChI is InChI=1S/C24H24N4O2/c1-17-9-11-18(12-10-17)23(29)19-7-3-4-8-20(19)24(30)27-21-15-22(26-16-25-21)28-13-5-2-6-14-28/h3-4,7-12,15-16H,2,5-6,13-14H2,1H3,(H,25,26,27,30). The molecule has 1 saturated heterocycles. The number of nitrogens with one attached hydrogen (secondary N) is 1. The number of aryl methyl sites for hydroxylation is 1. The Kier molecular flexibility index (Phi) is 5.84. The summed E-state index contributed by atoms with van der Waals surface area (Å²) in [6.07, 6.45) is 4.97. The molecule has 0 atom stereocenters. The highest BCUT2D eigenvalue weighted by molar-refractivity contribution is 6.17. The molecule has 1 amide bonds. The van der Waals surface area contributed by atoms with Crippen LogP contribution in [0.2, 0.25) is 0 Å². The van der Waals surface area contributed by atoms with Crippen LogP contribution in [0, 0.1) is 6.92 Å². The molecule has 0 spiro atoms. The van der Waals surface area contributed by atoms with Gasteiger partial charge >= 0.3 is 0 Å². The smallest absolute Gasteiger partial charge is 0.257 e. The van der Waals surface area contributed by atoms with Gasteiger partial charge in [-0.15, -0.1) is 0 Å². The van der Waals surface area contributed by atoms with Gasteiger partial charge in [0.25, 0.3) is 5.91 Å². The molecule has 0 radical (unpaired) electrons. The van der Waals surface area contributed by atoms with E-state index in [-0.39, 0.29) is 11.7 Å². The minimum Gasteiger partial charge on any atom is -0.356 e. The summed E-state index contributed by atoms with van der Waals surface area (Å²) in [5.74, 6) is 0.684. The quantitative estimate of drug-likeness (QED) is 0.648. The maximum atomic E-state index is 13.0. The lowest BCUT2D eigenvalue weighted by Crippen LogP contribution is -2.30. The number of hydrogen-bond acceptors (Lipinski definition) is 5. The summed E-state index contributed by atoms with van der Waals surface area (Å²) in [7, 11) is 0. The highest BCUT2D eigenvalue weighted by atomic mass is 16.2. The van der Waals surface area contributed by atoms with Crippen LogP contribution in [-0.2, 0) is 0 Å². The average molecular weight is 400 g/mol. The summed E-state index contributed by atoms with van der Waals surface area (Å²) in [6, 6.07) is 16.0. The Morgan fingerprint density at radius 2 is 1.60 bits per heavy atom. The molecule has 1 aromatic heterocycles. The lowest BCUT2D eigenvalue weighted by molar-refractivity contribution is 0.0996. The van der Waals surface area contributed by atoms with Gasteiger partial charge < -0.3 is 10.2 Å². The molecule has 6 nitrogen and oxygen atoms in total. The normalized spacial score (nSPS) is 13.7. The molecule has 0 saturated carbocycles. The van der Waals surface area contributed by atoms with Gasteiger partial charge in [0.15, 0.2) is 5.78 Å². The summed E-state index contributed by atoms with van der Waals surface area (Å²) in [5.41, 5.74) is 2.31. The molecule has 4 rings (SSSR count). The van der Waals surface area contributed by atoms with Gasteiger partial charge in [-0.05, 0) is 32.3 Å². The van der Waals surface area contributed by atoms with Crippen molar-refractivity contribution in [3.63, 3.8) is 0 Å². The van der Waals surface area contributed by atoms with E-state index in [9.17, 15) is 9.59 Å². The van der Waals surface area contributed by atoms with E-state index in [1.54, 1.807) is 42.5 Å². The predicted octanol–water partition coefficient (Wildman–Crippen LogP) is 4.26. The maximum Gasteiger partial charge on any atom is 0.257 e. The van der Waals surface area contributed by atoms with Crippen molar-refractivity contribution in [2.75, 3.05) is 23.3 Å². The zero-order chi connectivity index (χ0) is 20.9. The highest BCUT2D eigenvalue weighted by Gasteiger charge is 2.19. The number of benzene rings is 2. The number of rotatable bonds is 5. The number of carbonyl (C=O) groups excluding carboxylic acids is 2. The van der Waals surface area contributed by atoms with E-state index in [1.807, 2.05) is 19.1 Å². The van der Waals surface area contributed by atoms with Crippen LogP contribution in [0.4, 0.5) is 11.6 Å². The SMILES string of the molecule is Cc1ccc(C(=O)c2ccccc2C(=O)Nc2cc(N3CCCCC3)ncn2)cc1. The van der Waals surface area contributed by atoms with E-state index in [0.29, 0.717) is 22.5 Å². The summed E-state index contributed by atoms with van der Waals surface area (Å²) in [4.78, 5) is 36.7. The molecule has 30 heavy (non-hydrogen) atoms. The third-order valence-electron chi connectivity index (χ3n) is 5.30. The number of carbonyl (C=O) groups is 2. The molecule has 1 aliphatic rings. The van der Waals surface area contributed by atoms with Crippen LogP contribution < -0.4 is 10.2 Å². The van der Waals surface area contributed by atoms with Gasteiger partial charge in [-0.1, -0.05) is 48.0 Å². The van der Waals surface area contributed by atoms with Crippen molar-refractivity contribution in [2.24, 2.45) is 0 Å². The van der Waals surface area contributed by atoms with Gasteiger partial charge in [0, 0.05) is 30.3 Å². The molecule has 0 unspecified atom stereocenters. The van der Waals surface area contributed by atoms with Crippen LogP contribution in [-0.4, -0.2) is 34.7 Å². The zero-order valence-corrected chi connectivity index (χ0v) is 17.0. The molecule has 0 aliphatic carbocycles. The van der Waals surface area contributed by atoms with Crippen LogP contribution in [0.3, 0.4) is 0 Å². The van der Waals surface area contributed by atoms with Gasteiger partial charge in [-0.25, -0.2) is 9.97 Å². The number of aromatic nitrogens is 2. The molecular formula is C24H24N4O2. The summed E-state index contributed by atoms with van der Waals surface area (Å²) in [6.45, 7) is 3.88. The number of ketones is 1. The minimum absolute atomic E-state index is 0.183. The van der Waals surface area contributed by atoms with Gasteiger partial charge in [-0.2, -0.15) is 0 Å². The van der Waals surface area contributed by atoms with Crippen molar-refractivity contribution < 1.29 is 9.59 Å². The number of amides is 1. The molecular weight excluding hydrogens is 376 g/mol. The Labute approximate surface area is 176 Å². The van der Waals surface area contributed by atoms with Crippen molar-refractivity contribution in [1.82, 2.24) is 9.97 Å². The van der Waals surface area contributed by atoms with Crippen molar-refractivity contribution in [3.05, 3.63) is 83.2 Å². The van der Waals surface area contributed by atoms with Crippen LogP contribution in [0.5, 0.6) is 0 Å². The highest BCUT2D eigenvalue weighted by Crippen LogP contribution is 2.21. The number of anilines is 2. The summed E-state index contributed by atoms with van der Waals surface area (Å²) >= 11 is 0. The Bertz CT molecular complexity index is 1060. The maximum absolute atomic E-state index is 13.0. The Balaban J connectivity index is 1.56. The fourth-order valence-corrected chi connectivity index (χ4v) is 3.63. The Hall–Kier alpha value is -3.54. The van der Waals surface area contributed by atoms with Crippen LogP contribution in [0.25, 0.3) is 0 Å². The lowest BCUT2D eigenvalue weighted by Gasteiger charge is -2.27. The zero-order valence-electron chi connectivity index (χ0n) is 17.0. The largest absolute Gasteiger partial charge is 0.356 e. The lowest BCUT2D eigenvalue weighted by atomic mass is 9.97. The van der Waals surface area contributed by atoms with Crippen LogP contribution >= 0.6 is 0 Å². The minimum atomic E-state index is -0.366. The second-order valence-electron chi connectivity index (χ2n) is 7.50. The fraction of sp³-hybridized carbons (Fsp3) is 0.250. The first kappa shape index (κ1) is 19.8. The molecule has 2 heterocycles. The van der Waals surface area contributed by atoms with E-state index in [0.717, 1.165) is 37.3 Å². The first-order valence-corrected chi connectivity index (χ1v) is 10.2. The van der Waals surface area contributed by atoms with Gasteiger partial charge in [0.2, 0.25) is 0 Å². The molecule has 3 aromatic rings. The van der Waals surface area contributed by atoms with Crippen molar-refractivity contribution in [2.45, 2.75) is 26.2 Å². The van der Waals surface area contributed by atoms with E-state index in [4.69, 9.17) is 0 Å². The molecule has 0 bridgehead atoms. The number of hydrogen-bond donors (Lipinski definition) is 1. The monoisotopic (exact) mass is 400 g/mol. The first-order chi connectivity index (χ1) is 14.6. The van der Waals surface area contributed by atoms with Crippen LogP contribution in [0.15, 0.2) is 60.9 Å². The predicted molar refractivity (Wildman–Crippen MR) is 117 cm³/mol. The van der Waals surface area contributed by atoms with E-state index in [2.05, 4.69) is 20.2 Å². The van der Waals surface area contributed by atoms with Crippen LogP contribution in [0.1, 0.15) is 51.1 Å². The van der Waals surface area contributed by atoms with Gasteiger partial charge in [0.05, 0.1) is 5.56 Å². The van der Waals surface area contributed by atoms with Crippen molar-refractivity contribution in [3.8, 4) is 0 Å². The van der Waals surface area contributed by atoms with Crippen molar-refractivity contribution in [1.29, 1.82) is 0 Å². The summed E-state index contributed by atoms with van der Waals surface area (Å²) < 4.78 is 0. The molecule has 1 aliphatic heterocycles. The second-order valence-corrected chi connectivity index (χ2v) is 7.50. The molecule has 1 fully saturated rings. The second kappa shape index (κ2) is 8.86. The van der Waals surface area contributed by atoms with E-state index >= 15 is 0 Å². The summed E-state index contributed by atoms with van der Waals surface area (Å²) in [5, 5.41) is 2.82. The average Bonchev–Trinajstić information content (AvgIpc) is 2.80. The topological polar surface area (TPSA) is 75.2 Å². The number of piperidine rings is 1. The molecule has 2 aromatic carbocycles. The van der Waals surface area contributed by atoms with E-state index in [1.165, 1.54) is 12.7 Å². The Morgan fingerprint density at radius 3 is 2.33 bits per heavy atom.